The van der Waals surface area contributed by atoms with Gasteiger partial charge in [0.2, 0.25) is 0 Å². The maximum Gasteiger partial charge on any atom is 0.325 e. The van der Waals surface area contributed by atoms with Gasteiger partial charge in [-0.25, -0.2) is 0 Å². The average molecular weight is 489 g/mol. The molecule has 4 aromatic rings. The molecule has 0 unspecified atom stereocenters. The van der Waals surface area contributed by atoms with Crippen molar-refractivity contribution in [2.45, 2.75) is 12.5 Å². The summed E-state index contributed by atoms with van der Waals surface area (Å²) in [5, 5.41) is 0. The van der Waals surface area contributed by atoms with Gasteiger partial charge in [-0.15, -0.1) is 0 Å². The first-order valence-corrected chi connectivity index (χ1v) is 11.9. The van der Waals surface area contributed by atoms with Gasteiger partial charge in [-0.05, 0) is 12.1 Å². The van der Waals surface area contributed by atoms with Crippen molar-refractivity contribution in [1.29, 1.82) is 0 Å². The topological polar surface area (TPSA) is 88.4 Å². The van der Waals surface area contributed by atoms with Crippen molar-refractivity contribution in [2.75, 3.05) is 20.3 Å². The minimum Gasteiger partial charge on any atom is -0.486 e. The van der Waals surface area contributed by atoms with E-state index in [1.54, 1.807) is 4.57 Å². The molecular formula is C26H20N2O6S. The summed E-state index contributed by atoms with van der Waals surface area (Å²) in [5.74, 6) is 1.03. The molecule has 3 aromatic carbocycles. The van der Waals surface area contributed by atoms with E-state index in [0.29, 0.717) is 46.5 Å². The van der Waals surface area contributed by atoms with Crippen LogP contribution in [0.1, 0.15) is 17.0 Å². The number of rotatable bonds is 3. The SMILES string of the molecule is COC(=O)Cn1c(=NC(=O)C2c3ccccc3Oc3ccccc32)sc2cc3c(cc21)OCCO3. The zero-order valence-electron chi connectivity index (χ0n) is 18.7. The van der Waals surface area contributed by atoms with Crippen LogP contribution < -0.4 is 19.0 Å². The minimum atomic E-state index is -0.632. The molecule has 0 aliphatic carbocycles. The van der Waals surface area contributed by atoms with Crippen molar-refractivity contribution in [3.05, 3.63) is 76.6 Å². The number of amides is 1. The lowest BCUT2D eigenvalue weighted by atomic mass is 9.87. The van der Waals surface area contributed by atoms with Crippen LogP contribution in [0.15, 0.2) is 65.7 Å². The van der Waals surface area contributed by atoms with Crippen LogP contribution in [0.4, 0.5) is 0 Å². The van der Waals surface area contributed by atoms with Crippen LogP contribution in [0.3, 0.4) is 0 Å². The second-order valence-corrected chi connectivity index (χ2v) is 9.08. The van der Waals surface area contributed by atoms with Gasteiger partial charge < -0.3 is 23.5 Å². The van der Waals surface area contributed by atoms with Gasteiger partial charge in [-0.3, -0.25) is 9.59 Å². The van der Waals surface area contributed by atoms with Crippen molar-refractivity contribution < 1.29 is 28.5 Å². The van der Waals surface area contributed by atoms with Crippen LogP contribution in [-0.4, -0.2) is 36.8 Å². The molecular weight excluding hydrogens is 468 g/mol. The van der Waals surface area contributed by atoms with Crippen molar-refractivity contribution in [3.8, 4) is 23.0 Å². The highest BCUT2D eigenvalue weighted by molar-refractivity contribution is 7.16. The number of ether oxygens (including phenoxy) is 4. The number of methoxy groups -OCH3 is 1. The van der Waals surface area contributed by atoms with Crippen LogP contribution in [0.5, 0.6) is 23.0 Å². The molecule has 6 rings (SSSR count). The van der Waals surface area contributed by atoms with Gasteiger partial charge >= 0.3 is 5.97 Å². The number of fused-ring (bicyclic) bond motifs is 4. The zero-order valence-corrected chi connectivity index (χ0v) is 19.5. The molecule has 0 N–H and O–H groups in total. The standard InChI is InChI=1S/C26H20N2O6S/c1-31-23(29)14-28-17-12-20-21(33-11-10-32-20)13-22(17)35-26(28)27-25(30)24-15-6-2-4-8-18(15)34-19-9-5-3-7-16(19)24/h2-9,12-13,24H,10-11,14H2,1H3. The Kier molecular flexibility index (Phi) is 5.26. The van der Waals surface area contributed by atoms with E-state index in [2.05, 4.69) is 4.99 Å². The molecule has 0 saturated heterocycles. The lowest BCUT2D eigenvalue weighted by Gasteiger charge is -2.25. The second kappa shape index (κ2) is 8.59. The van der Waals surface area contributed by atoms with Crippen molar-refractivity contribution in [1.82, 2.24) is 4.57 Å². The number of hydrogen-bond donors (Lipinski definition) is 0. The fourth-order valence-electron chi connectivity index (χ4n) is 4.37. The van der Waals surface area contributed by atoms with Crippen molar-refractivity contribution >= 4 is 33.4 Å². The first kappa shape index (κ1) is 21.4. The van der Waals surface area contributed by atoms with Crippen LogP contribution in [0.2, 0.25) is 0 Å². The molecule has 0 spiro atoms. The Morgan fingerprint density at radius 2 is 1.60 bits per heavy atom. The molecule has 176 valence electrons. The highest BCUT2D eigenvalue weighted by Gasteiger charge is 2.32. The third-order valence-electron chi connectivity index (χ3n) is 5.99. The highest BCUT2D eigenvalue weighted by atomic mass is 32.1. The Balaban J connectivity index is 1.52. The molecule has 0 atom stereocenters. The smallest absolute Gasteiger partial charge is 0.325 e. The lowest BCUT2D eigenvalue weighted by molar-refractivity contribution is -0.141. The lowest BCUT2D eigenvalue weighted by Crippen LogP contribution is -2.25. The summed E-state index contributed by atoms with van der Waals surface area (Å²) in [5.41, 5.74) is 2.21. The maximum absolute atomic E-state index is 13.7. The number of carbonyl (C=O) groups is 2. The number of carbonyl (C=O) groups excluding carboxylic acids is 2. The van der Waals surface area contributed by atoms with Gasteiger partial charge in [0.05, 0.1) is 23.2 Å². The first-order valence-electron chi connectivity index (χ1n) is 11.1. The molecule has 1 aromatic heterocycles. The number of hydrogen-bond acceptors (Lipinski definition) is 7. The molecule has 1 amide bonds. The monoisotopic (exact) mass is 488 g/mol. The summed E-state index contributed by atoms with van der Waals surface area (Å²) >= 11 is 1.31. The summed E-state index contributed by atoms with van der Waals surface area (Å²) in [6, 6.07) is 18.6. The quantitative estimate of drug-likeness (QED) is 0.405. The number of nitrogens with zero attached hydrogens (tertiary/aromatic N) is 2. The van der Waals surface area contributed by atoms with Gasteiger partial charge in [0.25, 0.3) is 5.91 Å². The summed E-state index contributed by atoms with van der Waals surface area (Å²) in [7, 11) is 1.33. The van der Waals surface area contributed by atoms with E-state index in [-0.39, 0.29) is 12.5 Å². The predicted octanol–water partition coefficient (Wildman–Crippen LogP) is 4.01. The van der Waals surface area contributed by atoms with Crippen LogP contribution in [0, 0.1) is 0 Å². The zero-order chi connectivity index (χ0) is 23.9. The molecule has 0 saturated carbocycles. The van der Waals surface area contributed by atoms with E-state index in [4.69, 9.17) is 18.9 Å². The Hall–Kier alpha value is -4.11. The van der Waals surface area contributed by atoms with Crippen LogP contribution in [-0.2, 0) is 20.9 Å². The molecule has 8 nitrogen and oxygen atoms in total. The molecule has 0 fully saturated rings. The number of thiazole rings is 1. The van der Waals surface area contributed by atoms with Gasteiger partial charge in [0.15, 0.2) is 16.3 Å². The molecule has 35 heavy (non-hydrogen) atoms. The van der Waals surface area contributed by atoms with Crippen molar-refractivity contribution in [2.24, 2.45) is 4.99 Å². The number of para-hydroxylation sites is 2. The number of benzene rings is 3. The third kappa shape index (κ3) is 3.74. The van der Waals surface area contributed by atoms with Gasteiger partial charge in [-0.1, -0.05) is 47.7 Å². The number of esters is 1. The molecule has 9 heteroatoms. The molecule has 2 aliphatic rings. The largest absolute Gasteiger partial charge is 0.486 e. The van der Waals surface area contributed by atoms with Crippen LogP contribution in [0.25, 0.3) is 10.2 Å². The number of aromatic nitrogens is 1. The van der Waals surface area contributed by atoms with E-state index < -0.39 is 11.9 Å². The Bertz CT molecular complexity index is 1510. The Morgan fingerprint density at radius 1 is 0.971 bits per heavy atom. The van der Waals surface area contributed by atoms with Gasteiger partial charge in [0, 0.05) is 23.3 Å². The fraction of sp³-hybridized carbons (Fsp3) is 0.192. The van der Waals surface area contributed by atoms with E-state index in [1.165, 1.54) is 18.4 Å². The summed E-state index contributed by atoms with van der Waals surface area (Å²) in [4.78, 5) is 30.9. The predicted molar refractivity (Wildman–Crippen MR) is 128 cm³/mol. The van der Waals surface area contributed by atoms with Crippen molar-refractivity contribution in [3.63, 3.8) is 0 Å². The second-order valence-electron chi connectivity index (χ2n) is 8.07. The Morgan fingerprint density at radius 3 is 2.26 bits per heavy atom. The summed E-state index contributed by atoms with van der Waals surface area (Å²) in [6.07, 6.45) is 0. The minimum absolute atomic E-state index is 0.0940. The van der Waals surface area contributed by atoms with E-state index in [0.717, 1.165) is 15.8 Å². The molecule has 0 radical (unpaired) electrons. The summed E-state index contributed by atoms with van der Waals surface area (Å²) < 4.78 is 24.8. The van der Waals surface area contributed by atoms with E-state index >= 15 is 0 Å². The fourth-order valence-corrected chi connectivity index (χ4v) is 5.42. The van der Waals surface area contributed by atoms with Gasteiger partial charge in [-0.2, -0.15) is 4.99 Å². The first-order chi connectivity index (χ1) is 17.1. The highest BCUT2D eigenvalue weighted by Crippen LogP contribution is 2.44. The molecule has 0 bridgehead atoms. The molecule has 3 heterocycles. The van der Waals surface area contributed by atoms with E-state index in [9.17, 15) is 9.59 Å². The van der Waals surface area contributed by atoms with Gasteiger partial charge in [0.1, 0.15) is 31.3 Å². The molecule has 2 aliphatic heterocycles. The van der Waals surface area contributed by atoms with Crippen LogP contribution >= 0.6 is 11.3 Å². The third-order valence-corrected chi connectivity index (χ3v) is 7.04. The maximum atomic E-state index is 13.7. The van der Waals surface area contributed by atoms with E-state index in [1.807, 2.05) is 60.7 Å². The normalized spacial score (nSPS) is 14.7. The Labute approximate surface area is 204 Å². The average Bonchev–Trinajstić information content (AvgIpc) is 3.20. The summed E-state index contributed by atoms with van der Waals surface area (Å²) in [6.45, 7) is 0.811.